The van der Waals surface area contributed by atoms with Crippen molar-refractivity contribution < 1.29 is 0 Å². The van der Waals surface area contributed by atoms with E-state index in [2.05, 4.69) is 19.9 Å². The van der Waals surface area contributed by atoms with Crippen molar-refractivity contribution in [3.8, 4) is 0 Å². The highest BCUT2D eigenvalue weighted by molar-refractivity contribution is 6.32. The average Bonchev–Trinajstić information content (AvgIpc) is 3.05. The zero-order valence-electron chi connectivity index (χ0n) is 15.6. The quantitative estimate of drug-likeness (QED) is 0.627. The van der Waals surface area contributed by atoms with Gasteiger partial charge in [0.15, 0.2) is 0 Å². The summed E-state index contributed by atoms with van der Waals surface area (Å²) in [6.45, 7) is 7.98. The second kappa shape index (κ2) is 7.04. The molecule has 0 spiro atoms. The highest BCUT2D eigenvalue weighted by Gasteiger charge is 2.19. The topological polar surface area (TPSA) is 94.4 Å². The van der Waals surface area contributed by atoms with Gasteiger partial charge in [-0.05, 0) is 30.2 Å². The molecule has 7 heteroatoms. The standard InChI is InChI=1S/C20H21ClN4O2/c1-11-6-5-7-12(16(11)21)8-14-18(26)25-15(19(27)24-14)9-13-17(20(2,3)4)23-10-22-13/h5-10H,1-4H3,(H,22,23)(H,24,27)(H,25,26)/b14-8-,15-9-. The third kappa shape index (κ3) is 3.95. The molecule has 3 rings (SSSR count). The van der Waals surface area contributed by atoms with Crippen LogP contribution in [0.25, 0.3) is 12.2 Å². The Labute approximate surface area is 160 Å². The van der Waals surface area contributed by atoms with Crippen molar-refractivity contribution in [2.24, 2.45) is 0 Å². The summed E-state index contributed by atoms with van der Waals surface area (Å²) in [7, 11) is 0. The van der Waals surface area contributed by atoms with E-state index in [1.807, 2.05) is 39.8 Å². The van der Waals surface area contributed by atoms with E-state index in [1.165, 1.54) is 0 Å². The SMILES string of the molecule is Cc1cccc(/C=c2\[nH]c(=O)/c(=C/c3nc[nH]c3C(C)(C)C)[nH]c2=O)c1Cl. The van der Waals surface area contributed by atoms with Crippen LogP contribution in [-0.2, 0) is 5.41 Å². The number of aromatic nitrogens is 4. The van der Waals surface area contributed by atoms with Crippen LogP contribution in [-0.4, -0.2) is 19.9 Å². The molecular formula is C20H21ClN4O2. The summed E-state index contributed by atoms with van der Waals surface area (Å²) < 4.78 is 0. The minimum atomic E-state index is -0.411. The summed E-state index contributed by atoms with van der Waals surface area (Å²) in [6, 6.07) is 5.50. The third-order valence-corrected chi connectivity index (χ3v) is 4.72. The first-order valence-corrected chi connectivity index (χ1v) is 8.89. The number of nitrogens with zero attached hydrogens (tertiary/aromatic N) is 1. The molecular weight excluding hydrogens is 364 g/mol. The maximum Gasteiger partial charge on any atom is 0.272 e. The Kier molecular flexibility index (Phi) is 4.93. The summed E-state index contributed by atoms with van der Waals surface area (Å²) >= 11 is 6.27. The van der Waals surface area contributed by atoms with Crippen molar-refractivity contribution in [2.45, 2.75) is 33.1 Å². The van der Waals surface area contributed by atoms with Gasteiger partial charge in [0.05, 0.1) is 17.0 Å². The summed E-state index contributed by atoms with van der Waals surface area (Å²) in [4.78, 5) is 37.5. The molecule has 0 bridgehead atoms. The Hall–Kier alpha value is -2.86. The number of H-pyrrole nitrogens is 3. The van der Waals surface area contributed by atoms with Crippen molar-refractivity contribution in [1.29, 1.82) is 0 Å². The Balaban J connectivity index is 2.16. The second-order valence-corrected chi connectivity index (χ2v) is 7.79. The van der Waals surface area contributed by atoms with Crippen molar-refractivity contribution in [1.82, 2.24) is 19.9 Å². The fraction of sp³-hybridized carbons (Fsp3) is 0.250. The lowest BCUT2D eigenvalue weighted by Gasteiger charge is -2.16. The monoisotopic (exact) mass is 384 g/mol. The maximum absolute atomic E-state index is 12.5. The molecule has 0 saturated heterocycles. The lowest BCUT2D eigenvalue weighted by Crippen LogP contribution is -2.46. The number of halogens is 1. The average molecular weight is 385 g/mol. The van der Waals surface area contributed by atoms with Gasteiger partial charge in [0.25, 0.3) is 11.1 Å². The Bertz CT molecular complexity index is 1230. The van der Waals surface area contributed by atoms with Crippen LogP contribution < -0.4 is 21.8 Å². The van der Waals surface area contributed by atoms with Crippen LogP contribution in [0.5, 0.6) is 0 Å². The normalized spacial score (nSPS) is 13.4. The fourth-order valence-electron chi connectivity index (χ4n) is 2.78. The molecule has 3 aromatic rings. The molecule has 0 aliphatic rings. The van der Waals surface area contributed by atoms with Crippen LogP contribution in [0.2, 0.25) is 5.02 Å². The number of imidazole rings is 1. The van der Waals surface area contributed by atoms with Crippen LogP contribution in [0.4, 0.5) is 0 Å². The highest BCUT2D eigenvalue weighted by atomic mass is 35.5. The smallest absolute Gasteiger partial charge is 0.272 e. The molecule has 0 saturated carbocycles. The van der Waals surface area contributed by atoms with Gasteiger partial charge >= 0.3 is 0 Å². The van der Waals surface area contributed by atoms with Crippen molar-refractivity contribution in [3.63, 3.8) is 0 Å². The van der Waals surface area contributed by atoms with E-state index in [1.54, 1.807) is 24.5 Å². The zero-order valence-corrected chi connectivity index (χ0v) is 16.4. The van der Waals surface area contributed by atoms with Gasteiger partial charge in [0.2, 0.25) is 0 Å². The first kappa shape index (κ1) is 18.9. The van der Waals surface area contributed by atoms with Crippen LogP contribution in [0.1, 0.15) is 43.3 Å². The number of nitrogens with one attached hydrogen (secondary N) is 3. The number of hydrogen-bond donors (Lipinski definition) is 3. The molecule has 2 heterocycles. The fourth-order valence-corrected chi connectivity index (χ4v) is 2.97. The van der Waals surface area contributed by atoms with Gasteiger partial charge < -0.3 is 15.0 Å². The van der Waals surface area contributed by atoms with E-state index in [0.29, 0.717) is 16.3 Å². The van der Waals surface area contributed by atoms with Gasteiger partial charge in [-0.2, -0.15) is 0 Å². The molecule has 2 aromatic heterocycles. The second-order valence-electron chi connectivity index (χ2n) is 7.42. The Morgan fingerprint density at radius 2 is 1.67 bits per heavy atom. The van der Waals surface area contributed by atoms with Gasteiger partial charge in [0.1, 0.15) is 10.7 Å². The first-order valence-electron chi connectivity index (χ1n) is 8.52. The van der Waals surface area contributed by atoms with Gasteiger partial charge in [-0.1, -0.05) is 50.6 Å². The number of aryl methyl sites for hydroxylation is 1. The van der Waals surface area contributed by atoms with E-state index >= 15 is 0 Å². The van der Waals surface area contributed by atoms with E-state index < -0.39 is 11.1 Å². The van der Waals surface area contributed by atoms with Gasteiger partial charge in [-0.15, -0.1) is 0 Å². The minimum Gasteiger partial charge on any atom is -0.348 e. The maximum atomic E-state index is 12.5. The third-order valence-electron chi connectivity index (χ3n) is 4.21. The largest absolute Gasteiger partial charge is 0.348 e. The van der Waals surface area contributed by atoms with Gasteiger partial charge in [-0.3, -0.25) is 9.59 Å². The molecule has 140 valence electrons. The minimum absolute atomic E-state index is 0.141. The molecule has 3 N–H and O–H groups in total. The molecule has 0 unspecified atom stereocenters. The van der Waals surface area contributed by atoms with Crippen molar-refractivity contribution in [2.75, 3.05) is 0 Å². The zero-order chi connectivity index (χ0) is 19.8. The molecule has 0 aliphatic carbocycles. The Morgan fingerprint density at radius 1 is 1.04 bits per heavy atom. The molecule has 0 fully saturated rings. The summed E-state index contributed by atoms with van der Waals surface area (Å²) in [5.74, 6) is 0. The Morgan fingerprint density at radius 3 is 2.30 bits per heavy atom. The number of hydrogen-bond acceptors (Lipinski definition) is 3. The lowest BCUT2D eigenvalue weighted by atomic mass is 9.90. The summed E-state index contributed by atoms with van der Waals surface area (Å²) in [5.41, 5.74) is 2.05. The molecule has 0 amide bonds. The van der Waals surface area contributed by atoms with Crippen LogP contribution >= 0.6 is 11.6 Å². The number of rotatable bonds is 2. The van der Waals surface area contributed by atoms with E-state index in [0.717, 1.165) is 11.3 Å². The number of aromatic amines is 3. The molecule has 0 radical (unpaired) electrons. The van der Waals surface area contributed by atoms with Crippen LogP contribution in [0.15, 0.2) is 34.1 Å². The van der Waals surface area contributed by atoms with E-state index in [-0.39, 0.29) is 16.1 Å². The predicted molar refractivity (Wildman–Crippen MR) is 108 cm³/mol. The first-order chi connectivity index (χ1) is 12.7. The van der Waals surface area contributed by atoms with Gasteiger partial charge in [0, 0.05) is 11.1 Å². The summed E-state index contributed by atoms with van der Waals surface area (Å²) in [5, 5.41) is 0.826. The lowest BCUT2D eigenvalue weighted by molar-refractivity contribution is 0.571. The molecule has 1 aromatic carbocycles. The van der Waals surface area contributed by atoms with E-state index in [9.17, 15) is 9.59 Å². The highest BCUT2D eigenvalue weighted by Crippen LogP contribution is 2.23. The summed E-state index contributed by atoms with van der Waals surface area (Å²) in [6.07, 6.45) is 4.70. The molecule has 6 nitrogen and oxygen atoms in total. The van der Waals surface area contributed by atoms with E-state index in [4.69, 9.17) is 11.6 Å². The van der Waals surface area contributed by atoms with Crippen LogP contribution in [0.3, 0.4) is 0 Å². The van der Waals surface area contributed by atoms with Gasteiger partial charge in [-0.25, -0.2) is 4.98 Å². The predicted octanol–water partition coefficient (Wildman–Crippen LogP) is 1.70. The molecule has 0 aliphatic heterocycles. The molecule has 27 heavy (non-hydrogen) atoms. The molecule has 0 atom stereocenters. The number of benzene rings is 1. The van der Waals surface area contributed by atoms with Crippen LogP contribution in [0, 0.1) is 6.92 Å². The van der Waals surface area contributed by atoms with Crippen molar-refractivity contribution >= 4 is 23.8 Å². The van der Waals surface area contributed by atoms with Crippen molar-refractivity contribution in [3.05, 3.63) is 83.5 Å².